The Kier molecular flexibility index (Phi) is 2.94. The quantitative estimate of drug-likeness (QED) is 0.753. The highest BCUT2D eigenvalue weighted by molar-refractivity contribution is 5.34. The normalized spacial score (nSPS) is 21.2. The molecule has 3 aliphatic heterocycles. The highest BCUT2D eigenvalue weighted by atomic mass is 15.7. The minimum atomic E-state index is 0.991. The van der Waals surface area contributed by atoms with E-state index in [1.807, 2.05) is 0 Å². The molecule has 0 aromatic heterocycles. The second-order valence-corrected chi connectivity index (χ2v) is 5.15. The van der Waals surface area contributed by atoms with Crippen molar-refractivity contribution in [2.45, 2.75) is 26.7 Å². The third kappa shape index (κ3) is 1.85. The molecule has 3 heterocycles. The van der Waals surface area contributed by atoms with E-state index in [2.05, 4.69) is 58.2 Å². The van der Waals surface area contributed by atoms with Gasteiger partial charge in [0.2, 0.25) is 0 Å². The van der Waals surface area contributed by atoms with Gasteiger partial charge in [0.1, 0.15) is 13.3 Å². The molecule has 18 heavy (non-hydrogen) atoms. The van der Waals surface area contributed by atoms with Gasteiger partial charge in [0.05, 0.1) is 11.4 Å². The summed E-state index contributed by atoms with van der Waals surface area (Å²) in [6.07, 6.45) is 11.4. The van der Waals surface area contributed by atoms with Crippen LogP contribution in [0.2, 0.25) is 0 Å². The fourth-order valence-electron chi connectivity index (χ4n) is 2.80. The van der Waals surface area contributed by atoms with E-state index >= 15 is 0 Å². The number of hydrazine groups is 1. The first-order chi connectivity index (χ1) is 8.81. The summed E-state index contributed by atoms with van der Waals surface area (Å²) in [5.74, 6) is 0. The van der Waals surface area contributed by atoms with Crippen molar-refractivity contribution in [1.82, 2.24) is 19.8 Å². The van der Waals surface area contributed by atoms with Crippen LogP contribution in [-0.2, 0) is 0 Å². The van der Waals surface area contributed by atoms with Crippen LogP contribution >= 0.6 is 0 Å². The molecule has 3 aliphatic rings. The van der Waals surface area contributed by atoms with E-state index in [0.717, 1.165) is 26.4 Å². The maximum absolute atomic E-state index is 2.39. The van der Waals surface area contributed by atoms with Gasteiger partial charge in [-0.3, -0.25) is 10.0 Å². The first-order valence-corrected chi connectivity index (χ1v) is 6.96. The lowest BCUT2D eigenvalue weighted by Crippen LogP contribution is -2.43. The number of hydrogen-bond acceptors (Lipinski definition) is 4. The molecular formula is C14H22N4. The number of rotatable bonds is 4. The van der Waals surface area contributed by atoms with Crippen molar-refractivity contribution in [3.8, 4) is 0 Å². The minimum absolute atomic E-state index is 0.991. The van der Waals surface area contributed by atoms with E-state index in [9.17, 15) is 0 Å². The number of hydrogen-bond donors (Lipinski definition) is 0. The number of allylic oxidation sites excluding steroid dienone is 2. The summed E-state index contributed by atoms with van der Waals surface area (Å²) in [5, 5.41) is 4.77. The molecule has 98 valence electrons. The predicted octanol–water partition coefficient (Wildman–Crippen LogP) is 2.12. The van der Waals surface area contributed by atoms with Crippen molar-refractivity contribution in [3.63, 3.8) is 0 Å². The van der Waals surface area contributed by atoms with Crippen molar-refractivity contribution in [2.24, 2.45) is 0 Å². The van der Waals surface area contributed by atoms with Gasteiger partial charge in [-0.05, 0) is 25.0 Å². The molecule has 4 heteroatoms. The van der Waals surface area contributed by atoms with Gasteiger partial charge in [0.15, 0.2) is 0 Å². The third-order valence-corrected chi connectivity index (χ3v) is 3.59. The van der Waals surface area contributed by atoms with Crippen molar-refractivity contribution in [3.05, 3.63) is 35.9 Å². The summed E-state index contributed by atoms with van der Waals surface area (Å²) >= 11 is 0. The highest BCUT2D eigenvalue weighted by Gasteiger charge is 2.32. The van der Waals surface area contributed by atoms with Crippen molar-refractivity contribution < 1.29 is 0 Å². The molecule has 0 amide bonds. The molecule has 0 bridgehead atoms. The Balaban J connectivity index is 1.74. The summed E-state index contributed by atoms with van der Waals surface area (Å²) in [6.45, 7) is 8.72. The van der Waals surface area contributed by atoms with Gasteiger partial charge in [0.25, 0.3) is 0 Å². The Morgan fingerprint density at radius 1 is 0.833 bits per heavy atom. The molecule has 0 aliphatic carbocycles. The number of fused-ring (bicyclic) bond motifs is 3. The Morgan fingerprint density at radius 2 is 1.28 bits per heavy atom. The van der Waals surface area contributed by atoms with E-state index < -0.39 is 0 Å². The summed E-state index contributed by atoms with van der Waals surface area (Å²) < 4.78 is 0. The van der Waals surface area contributed by atoms with Crippen LogP contribution in [0.3, 0.4) is 0 Å². The molecule has 0 spiro atoms. The molecule has 0 aromatic carbocycles. The minimum Gasteiger partial charge on any atom is -0.356 e. The Morgan fingerprint density at radius 3 is 1.67 bits per heavy atom. The Hall–Kier alpha value is -1.58. The van der Waals surface area contributed by atoms with Gasteiger partial charge in [-0.15, -0.1) is 0 Å². The SMILES string of the molecule is CCCN1C=C2C=CC3=CN(CCC)CN3N2C1. The highest BCUT2D eigenvalue weighted by Crippen LogP contribution is 2.31. The molecule has 4 nitrogen and oxygen atoms in total. The van der Waals surface area contributed by atoms with E-state index in [0.29, 0.717) is 0 Å². The van der Waals surface area contributed by atoms with Crippen molar-refractivity contribution >= 4 is 0 Å². The van der Waals surface area contributed by atoms with Gasteiger partial charge in [0, 0.05) is 25.5 Å². The molecule has 0 atom stereocenters. The molecular weight excluding hydrogens is 224 g/mol. The predicted molar refractivity (Wildman–Crippen MR) is 72.7 cm³/mol. The summed E-state index contributed by atoms with van der Waals surface area (Å²) in [7, 11) is 0. The zero-order valence-electron chi connectivity index (χ0n) is 11.3. The van der Waals surface area contributed by atoms with Crippen molar-refractivity contribution in [2.75, 3.05) is 26.4 Å². The molecule has 0 aromatic rings. The van der Waals surface area contributed by atoms with E-state index in [4.69, 9.17) is 0 Å². The standard InChI is InChI=1S/C14H22N4/c1-3-7-15-9-13-5-6-14-10-16(8-4-2)12-18(14)17(13)11-15/h5-6,9-10H,3-4,7-8,11-12H2,1-2H3. The monoisotopic (exact) mass is 246 g/mol. The lowest BCUT2D eigenvalue weighted by Gasteiger charge is -2.37. The molecule has 0 fully saturated rings. The van der Waals surface area contributed by atoms with Crippen molar-refractivity contribution in [1.29, 1.82) is 0 Å². The maximum atomic E-state index is 2.39. The first kappa shape index (κ1) is 11.5. The zero-order valence-corrected chi connectivity index (χ0v) is 11.3. The second kappa shape index (κ2) is 4.59. The topological polar surface area (TPSA) is 13.0 Å². The molecule has 0 saturated carbocycles. The van der Waals surface area contributed by atoms with Gasteiger partial charge >= 0.3 is 0 Å². The van der Waals surface area contributed by atoms with E-state index in [-0.39, 0.29) is 0 Å². The van der Waals surface area contributed by atoms with Gasteiger partial charge < -0.3 is 9.80 Å². The van der Waals surface area contributed by atoms with Gasteiger partial charge in [-0.25, -0.2) is 0 Å². The average Bonchev–Trinajstić information content (AvgIpc) is 2.91. The third-order valence-electron chi connectivity index (χ3n) is 3.59. The Bertz CT molecular complexity index is 372. The van der Waals surface area contributed by atoms with Gasteiger partial charge in [-0.2, -0.15) is 0 Å². The van der Waals surface area contributed by atoms with Crippen LogP contribution in [0.25, 0.3) is 0 Å². The van der Waals surface area contributed by atoms with E-state index in [1.165, 1.54) is 24.2 Å². The first-order valence-electron chi connectivity index (χ1n) is 6.96. The fraction of sp³-hybridized carbons (Fsp3) is 0.571. The van der Waals surface area contributed by atoms with Crippen LogP contribution in [-0.4, -0.2) is 46.2 Å². The van der Waals surface area contributed by atoms with Crippen LogP contribution in [0.4, 0.5) is 0 Å². The fourth-order valence-corrected chi connectivity index (χ4v) is 2.80. The largest absolute Gasteiger partial charge is 0.356 e. The summed E-state index contributed by atoms with van der Waals surface area (Å²) in [6, 6.07) is 0. The lowest BCUT2D eigenvalue weighted by atomic mass is 10.3. The lowest BCUT2D eigenvalue weighted by molar-refractivity contribution is 0.0169. The maximum Gasteiger partial charge on any atom is 0.110 e. The average molecular weight is 246 g/mol. The molecule has 0 unspecified atom stereocenters. The molecule has 3 rings (SSSR count). The second-order valence-electron chi connectivity index (χ2n) is 5.15. The van der Waals surface area contributed by atoms with Gasteiger partial charge in [-0.1, -0.05) is 13.8 Å². The van der Waals surface area contributed by atoms with Crippen LogP contribution in [0, 0.1) is 0 Å². The zero-order chi connectivity index (χ0) is 12.5. The molecule has 0 radical (unpaired) electrons. The van der Waals surface area contributed by atoms with Crippen LogP contribution in [0.5, 0.6) is 0 Å². The smallest absolute Gasteiger partial charge is 0.110 e. The van der Waals surface area contributed by atoms with Crippen LogP contribution in [0.15, 0.2) is 35.9 Å². The molecule has 0 N–H and O–H groups in total. The summed E-state index contributed by atoms with van der Waals surface area (Å²) in [4.78, 5) is 4.79. The summed E-state index contributed by atoms with van der Waals surface area (Å²) in [5.41, 5.74) is 2.64. The van der Waals surface area contributed by atoms with Crippen LogP contribution in [0.1, 0.15) is 26.7 Å². The van der Waals surface area contributed by atoms with E-state index in [1.54, 1.807) is 0 Å². The molecule has 0 saturated heterocycles. The van der Waals surface area contributed by atoms with Crippen LogP contribution < -0.4 is 0 Å². The number of nitrogens with zero attached hydrogens (tertiary/aromatic N) is 4. The Labute approximate surface area is 109 Å².